The van der Waals surface area contributed by atoms with E-state index >= 15 is 0 Å². The third-order valence-electron chi connectivity index (χ3n) is 3.06. The zero-order valence-corrected chi connectivity index (χ0v) is 12.8. The quantitative estimate of drug-likeness (QED) is 0.707. The average molecular weight is 265 g/mol. The van der Waals surface area contributed by atoms with E-state index in [2.05, 4.69) is 46.4 Å². The molecule has 1 aromatic heterocycles. The lowest BCUT2D eigenvalue weighted by atomic mass is 10.3. The van der Waals surface area contributed by atoms with Gasteiger partial charge in [0.05, 0.1) is 0 Å². The second kappa shape index (κ2) is 7.94. The van der Waals surface area contributed by atoms with Crippen molar-refractivity contribution in [2.75, 3.05) is 37.3 Å². The monoisotopic (exact) mass is 265 g/mol. The Labute approximate surface area is 116 Å². The number of hydrogen-bond donors (Lipinski definition) is 2. The van der Waals surface area contributed by atoms with Crippen LogP contribution in [0.5, 0.6) is 0 Å². The molecule has 19 heavy (non-hydrogen) atoms. The minimum atomic E-state index is 0.599. The first kappa shape index (κ1) is 15.7. The van der Waals surface area contributed by atoms with Gasteiger partial charge in [0.1, 0.15) is 5.82 Å². The molecule has 0 spiro atoms. The van der Waals surface area contributed by atoms with Crippen molar-refractivity contribution in [3.05, 3.63) is 11.8 Å². The number of nitrogens with zero attached hydrogens (tertiary/aromatic N) is 3. The van der Waals surface area contributed by atoms with Gasteiger partial charge >= 0.3 is 0 Å². The van der Waals surface area contributed by atoms with Crippen LogP contribution in [0.2, 0.25) is 0 Å². The van der Waals surface area contributed by atoms with Crippen molar-refractivity contribution in [1.29, 1.82) is 0 Å². The Morgan fingerprint density at radius 2 is 2.00 bits per heavy atom. The van der Waals surface area contributed by atoms with Crippen molar-refractivity contribution in [2.24, 2.45) is 0 Å². The van der Waals surface area contributed by atoms with Gasteiger partial charge in [0.25, 0.3) is 0 Å². The van der Waals surface area contributed by atoms with Crippen LogP contribution in [-0.2, 0) is 0 Å². The molecule has 5 heteroatoms. The second-order valence-electron chi connectivity index (χ2n) is 5.10. The molecule has 0 aliphatic heterocycles. The van der Waals surface area contributed by atoms with E-state index in [9.17, 15) is 0 Å². The molecule has 0 aliphatic rings. The lowest BCUT2D eigenvalue weighted by Gasteiger charge is -2.20. The number of rotatable bonds is 8. The molecular formula is C14H27N5. The standard InChI is InChI=1S/C14H27N5/c1-6-15-14-17-12(4)10-13(18-14)16-8-7-9-19(5)11(2)3/h10-11H,6-9H2,1-5H3,(H2,15,16,17,18). The van der Waals surface area contributed by atoms with Crippen molar-refractivity contribution in [2.45, 2.75) is 40.2 Å². The van der Waals surface area contributed by atoms with Gasteiger partial charge in [-0.1, -0.05) is 0 Å². The first-order valence-electron chi connectivity index (χ1n) is 7.06. The maximum absolute atomic E-state index is 4.43. The van der Waals surface area contributed by atoms with Crippen LogP contribution in [0.3, 0.4) is 0 Å². The van der Waals surface area contributed by atoms with E-state index in [0.29, 0.717) is 12.0 Å². The Kier molecular flexibility index (Phi) is 6.56. The topological polar surface area (TPSA) is 53.1 Å². The molecule has 1 heterocycles. The highest BCUT2D eigenvalue weighted by molar-refractivity contribution is 5.41. The van der Waals surface area contributed by atoms with Crippen LogP contribution < -0.4 is 10.6 Å². The molecule has 2 N–H and O–H groups in total. The highest BCUT2D eigenvalue weighted by atomic mass is 15.1. The number of anilines is 2. The van der Waals surface area contributed by atoms with Crippen LogP contribution in [0.25, 0.3) is 0 Å². The van der Waals surface area contributed by atoms with Crippen LogP contribution in [0.1, 0.15) is 32.9 Å². The summed E-state index contributed by atoms with van der Waals surface area (Å²) in [5.41, 5.74) is 0.979. The maximum atomic E-state index is 4.43. The largest absolute Gasteiger partial charge is 0.370 e. The van der Waals surface area contributed by atoms with E-state index in [1.165, 1.54) is 0 Å². The average Bonchev–Trinajstić information content (AvgIpc) is 2.34. The van der Waals surface area contributed by atoms with Gasteiger partial charge in [0, 0.05) is 30.9 Å². The molecule has 0 aliphatic carbocycles. The van der Waals surface area contributed by atoms with Crippen molar-refractivity contribution in [3.63, 3.8) is 0 Å². The molecule has 0 radical (unpaired) electrons. The molecule has 108 valence electrons. The maximum Gasteiger partial charge on any atom is 0.224 e. The predicted molar refractivity (Wildman–Crippen MR) is 81.8 cm³/mol. The third kappa shape index (κ3) is 5.87. The Bertz CT molecular complexity index is 378. The summed E-state index contributed by atoms with van der Waals surface area (Å²) in [6.07, 6.45) is 1.11. The molecule has 1 aromatic rings. The lowest BCUT2D eigenvalue weighted by Crippen LogP contribution is -2.28. The number of hydrogen-bond acceptors (Lipinski definition) is 5. The first-order chi connectivity index (χ1) is 9.02. The third-order valence-corrected chi connectivity index (χ3v) is 3.06. The molecule has 0 aromatic carbocycles. The molecule has 0 saturated carbocycles. The number of aromatic nitrogens is 2. The Balaban J connectivity index is 2.40. The summed E-state index contributed by atoms with van der Waals surface area (Å²) in [6.45, 7) is 11.3. The molecule has 0 bridgehead atoms. The van der Waals surface area contributed by atoms with Crippen LogP contribution in [0.15, 0.2) is 6.07 Å². The summed E-state index contributed by atoms with van der Waals surface area (Å²) >= 11 is 0. The van der Waals surface area contributed by atoms with E-state index in [0.717, 1.165) is 37.6 Å². The van der Waals surface area contributed by atoms with Crippen molar-refractivity contribution in [1.82, 2.24) is 14.9 Å². The molecule has 0 unspecified atom stereocenters. The minimum Gasteiger partial charge on any atom is -0.370 e. The van der Waals surface area contributed by atoms with Gasteiger partial charge in [-0.25, -0.2) is 4.98 Å². The fraction of sp³-hybridized carbons (Fsp3) is 0.714. The zero-order valence-electron chi connectivity index (χ0n) is 12.8. The molecule has 5 nitrogen and oxygen atoms in total. The summed E-state index contributed by atoms with van der Waals surface area (Å²) in [5.74, 6) is 1.60. The lowest BCUT2D eigenvalue weighted by molar-refractivity contribution is 0.273. The van der Waals surface area contributed by atoms with E-state index in [1.54, 1.807) is 0 Å². The van der Waals surface area contributed by atoms with Crippen molar-refractivity contribution < 1.29 is 0 Å². The number of aryl methyl sites for hydroxylation is 1. The van der Waals surface area contributed by atoms with Crippen LogP contribution in [0, 0.1) is 6.92 Å². The van der Waals surface area contributed by atoms with Gasteiger partial charge in [-0.2, -0.15) is 4.98 Å². The molecule has 0 atom stereocenters. The van der Waals surface area contributed by atoms with Gasteiger partial charge in [0.2, 0.25) is 5.95 Å². The zero-order chi connectivity index (χ0) is 14.3. The number of nitrogens with one attached hydrogen (secondary N) is 2. The minimum absolute atomic E-state index is 0.599. The van der Waals surface area contributed by atoms with Gasteiger partial charge in [-0.15, -0.1) is 0 Å². The normalized spacial score (nSPS) is 11.1. The fourth-order valence-electron chi connectivity index (χ4n) is 1.70. The van der Waals surface area contributed by atoms with E-state index in [1.807, 2.05) is 19.9 Å². The second-order valence-corrected chi connectivity index (χ2v) is 5.10. The van der Waals surface area contributed by atoms with E-state index < -0.39 is 0 Å². The van der Waals surface area contributed by atoms with Crippen LogP contribution >= 0.6 is 0 Å². The summed E-state index contributed by atoms with van der Waals surface area (Å²) in [7, 11) is 2.16. The predicted octanol–water partition coefficient (Wildman–Crippen LogP) is 2.36. The van der Waals surface area contributed by atoms with Gasteiger partial charge in [-0.05, 0) is 47.7 Å². The van der Waals surface area contributed by atoms with E-state index in [4.69, 9.17) is 0 Å². The Morgan fingerprint density at radius 1 is 1.26 bits per heavy atom. The van der Waals surface area contributed by atoms with Crippen molar-refractivity contribution in [3.8, 4) is 0 Å². The Morgan fingerprint density at radius 3 is 2.63 bits per heavy atom. The van der Waals surface area contributed by atoms with Crippen LogP contribution in [0.4, 0.5) is 11.8 Å². The molecule has 1 rings (SSSR count). The summed E-state index contributed by atoms with van der Waals surface area (Å²) in [6, 6.07) is 2.58. The highest BCUT2D eigenvalue weighted by Gasteiger charge is 2.03. The van der Waals surface area contributed by atoms with Gasteiger partial charge < -0.3 is 15.5 Å². The molecular weight excluding hydrogens is 238 g/mol. The molecule has 0 saturated heterocycles. The fourth-order valence-corrected chi connectivity index (χ4v) is 1.70. The van der Waals surface area contributed by atoms with Crippen molar-refractivity contribution >= 4 is 11.8 Å². The van der Waals surface area contributed by atoms with Gasteiger partial charge in [-0.3, -0.25) is 0 Å². The highest BCUT2D eigenvalue weighted by Crippen LogP contribution is 2.09. The Hall–Kier alpha value is -1.36. The SMILES string of the molecule is CCNc1nc(C)cc(NCCCN(C)C(C)C)n1. The molecule has 0 fully saturated rings. The summed E-state index contributed by atoms with van der Waals surface area (Å²) < 4.78 is 0. The van der Waals surface area contributed by atoms with Crippen LogP contribution in [-0.4, -0.2) is 47.6 Å². The summed E-state index contributed by atoms with van der Waals surface area (Å²) in [5, 5.41) is 6.50. The van der Waals surface area contributed by atoms with Gasteiger partial charge in [0.15, 0.2) is 0 Å². The molecule has 0 amide bonds. The smallest absolute Gasteiger partial charge is 0.224 e. The summed E-state index contributed by atoms with van der Waals surface area (Å²) in [4.78, 5) is 11.1. The van der Waals surface area contributed by atoms with E-state index in [-0.39, 0.29) is 0 Å². The first-order valence-corrected chi connectivity index (χ1v) is 7.06.